The highest BCUT2D eigenvalue weighted by molar-refractivity contribution is 5.77. The normalized spacial score (nSPS) is 19.3. The summed E-state index contributed by atoms with van der Waals surface area (Å²) in [4.78, 5) is 8.02. The van der Waals surface area contributed by atoms with E-state index in [2.05, 4.69) is 20.2 Å². The third-order valence-corrected chi connectivity index (χ3v) is 5.06. The van der Waals surface area contributed by atoms with Gasteiger partial charge < -0.3 is 20.2 Å². The third kappa shape index (κ3) is 3.37. The van der Waals surface area contributed by atoms with Crippen molar-refractivity contribution in [1.29, 1.82) is 0 Å². The lowest BCUT2D eigenvalue weighted by atomic mass is 10.1. The SMILES string of the molecule is NC1CCO[C@H]1Cc1nc2cc(Oc3ccc(-c4ccn[nH]4)cc3)ccc2[nH]1. The second-order valence-electron chi connectivity index (χ2n) is 7.03. The monoisotopic (exact) mass is 375 g/mol. The maximum atomic E-state index is 6.08. The number of fused-ring (bicyclic) bond motifs is 1. The van der Waals surface area contributed by atoms with E-state index >= 15 is 0 Å². The number of hydrogen-bond donors (Lipinski definition) is 3. The van der Waals surface area contributed by atoms with Gasteiger partial charge in [-0.05, 0) is 54.4 Å². The Bertz CT molecular complexity index is 1070. The highest BCUT2D eigenvalue weighted by Crippen LogP contribution is 2.27. The van der Waals surface area contributed by atoms with E-state index in [1.807, 2.05) is 48.5 Å². The van der Waals surface area contributed by atoms with Crippen LogP contribution in [0.15, 0.2) is 54.7 Å². The summed E-state index contributed by atoms with van der Waals surface area (Å²) in [5.41, 5.74) is 9.96. The zero-order chi connectivity index (χ0) is 18.9. The molecule has 0 saturated carbocycles. The minimum atomic E-state index is 0.0321. The van der Waals surface area contributed by atoms with Gasteiger partial charge in [-0.1, -0.05) is 0 Å². The Hall–Kier alpha value is -3.16. The molecule has 1 saturated heterocycles. The molecule has 2 aromatic heterocycles. The highest BCUT2D eigenvalue weighted by Gasteiger charge is 2.26. The summed E-state index contributed by atoms with van der Waals surface area (Å²) in [5, 5.41) is 6.93. The maximum absolute atomic E-state index is 6.08. The molecule has 1 aliphatic heterocycles. The van der Waals surface area contributed by atoms with E-state index in [1.54, 1.807) is 6.20 Å². The summed E-state index contributed by atoms with van der Waals surface area (Å²) in [6, 6.07) is 15.7. The Morgan fingerprint density at radius 3 is 2.71 bits per heavy atom. The standard InChI is InChI=1S/C21H21N5O2/c22-16-8-10-27-20(16)12-21-24-18-6-5-15(11-19(18)25-21)28-14-3-1-13(2-4-14)17-7-9-23-26-17/h1-7,9,11,16,20H,8,10,12,22H2,(H,23,26)(H,24,25)/t16?,20-/m0/s1. The molecule has 4 N–H and O–H groups in total. The fourth-order valence-corrected chi connectivity index (χ4v) is 3.52. The third-order valence-electron chi connectivity index (χ3n) is 5.06. The van der Waals surface area contributed by atoms with E-state index in [0.717, 1.165) is 52.6 Å². The molecule has 0 bridgehead atoms. The summed E-state index contributed by atoms with van der Waals surface area (Å²) in [6.07, 6.45) is 3.37. The first-order valence-corrected chi connectivity index (χ1v) is 9.38. The molecule has 7 heteroatoms. The molecule has 2 aromatic carbocycles. The minimum Gasteiger partial charge on any atom is -0.457 e. The second-order valence-corrected chi connectivity index (χ2v) is 7.03. The van der Waals surface area contributed by atoms with Crippen LogP contribution in [0, 0.1) is 0 Å². The van der Waals surface area contributed by atoms with E-state index in [0.29, 0.717) is 6.42 Å². The van der Waals surface area contributed by atoms with Crippen molar-refractivity contribution in [3.63, 3.8) is 0 Å². The van der Waals surface area contributed by atoms with Crippen molar-refractivity contribution in [3.05, 3.63) is 60.6 Å². The number of hydrogen-bond acceptors (Lipinski definition) is 5. The van der Waals surface area contributed by atoms with Crippen LogP contribution in [0.5, 0.6) is 11.5 Å². The van der Waals surface area contributed by atoms with Crippen molar-refractivity contribution in [1.82, 2.24) is 20.2 Å². The lowest BCUT2D eigenvalue weighted by molar-refractivity contribution is 0.103. The van der Waals surface area contributed by atoms with Crippen LogP contribution in [0.4, 0.5) is 0 Å². The molecular weight excluding hydrogens is 354 g/mol. The van der Waals surface area contributed by atoms with Crippen LogP contribution in [0.25, 0.3) is 22.3 Å². The Morgan fingerprint density at radius 1 is 1.11 bits per heavy atom. The molecular formula is C21H21N5O2. The number of aromatic amines is 2. The number of nitrogens with zero attached hydrogens (tertiary/aromatic N) is 2. The first kappa shape index (κ1) is 17.0. The first-order chi connectivity index (χ1) is 13.7. The van der Waals surface area contributed by atoms with Gasteiger partial charge in [0.2, 0.25) is 0 Å². The number of H-pyrrole nitrogens is 2. The molecule has 0 aliphatic carbocycles. The summed E-state index contributed by atoms with van der Waals surface area (Å²) in [6.45, 7) is 0.725. The lowest BCUT2D eigenvalue weighted by Crippen LogP contribution is -2.32. The topological polar surface area (TPSA) is 102 Å². The Morgan fingerprint density at radius 2 is 1.96 bits per heavy atom. The molecule has 0 amide bonds. The van der Waals surface area contributed by atoms with Crippen LogP contribution in [0.1, 0.15) is 12.2 Å². The quantitative estimate of drug-likeness (QED) is 0.496. The predicted molar refractivity (Wildman–Crippen MR) is 106 cm³/mol. The summed E-state index contributed by atoms with van der Waals surface area (Å²) in [7, 11) is 0. The molecule has 1 unspecified atom stereocenters. The van der Waals surface area contributed by atoms with Crippen molar-refractivity contribution in [3.8, 4) is 22.8 Å². The average molecular weight is 375 g/mol. The Balaban J connectivity index is 1.32. The molecule has 1 aliphatic rings. The number of nitrogens with two attached hydrogens (primary N) is 1. The van der Waals surface area contributed by atoms with Crippen LogP contribution in [-0.4, -0.2) is 38.9 Å². The van der Waals surface area contributed by atoms with E-state index in [-0.39, 0.29) is 12.1 Å². The molecule has 2 atom stereocenters. The number of imidazole rings is 1. The Kier molecular flexibility index (Phi) is 4.31. The average Bonchev–Trinajstić information content (AvgIpc) is 3.44. The maximum Gasteiger partial charge on any atom is 0.129 e. The largest absolute Gasteiger partial charge is 0.457 e. The Labute approximate surface area is 161 Å². The van der Waals surface area contributed by atoms with Crippen LogP contribution in [0.3, 0.4) is 0 Å². The van der Waals surface area contributed by atoms with Gasteiger partial charge in [-0.25, -0.2) is 4.98 Å². The van der Waals surface area contributed by atoms with Crippen molar-refractivity contribution in [2.24, 2.45) is 5.73 Å². The smallest absolute Gasteiger partial charge is 0.129 e. The number of ether oxygens (including phenoxy) is 2. The van der Waals surface area contributed by atoms with Crippen molar-refractivity contribution < 1.29 is 9.47 Å². The molecule has 142 valence electrons. The molecule has 28 heavy (non-hydrogen) atoms. The molecule has 0 radical (unpaired) electrons. The van der Waals surface area contributed by atoms with Gasteiger partial charge in [-0.3, -0.25) is 5.10 Å². The van der Waals surface area contributed by atoms with Gasteiger partial charge in [0.05, 0.1) is 22.8 Å². The molecule has 7 nitrogen and oxygen atoms in total. The summed E-state index contributed by atoms with van der Waals surface area (Å²) < 4.78 is 11.7. The van der Waals surface area contributed by atoms with Crippen LogP contribution >= 0.6 is 0 Å². The second kappa shape index (κ2) is 7.10. The lowest BCUT2D eigenvalue weighted by Gasteiger charge is -2.12. The van der Waals surface area contributed by atoms with E-state index in [4.69, 9.17) is 15.2 Å². The van der Waals surface area contributed by atoms with Gasteiger partial charge in [-0.2, -0.15) is 5.10 Å². The van der Waals surface area contributed by atoms with E-state index in [1.165, 1.54) is 0 Å². The van der Waals surface area contributed by atoms with Crippen LogP contribution < -0.4 is 10.5 Å². The van der Waals surface area contributed by atoms with Gasteiger partial charge >= 0.3 is 0 Å². The van der Waals surface area contributed by atoms with Crippen LogP contribution in [0.2, 0.25) is 0 Å². The van der Waals surface area contributed by atoms with Gasteiger partial charge in [0, 0.05) is 31.3 Å². The van der Waals surface area contributed by atoms with Crippen molar-refractivity contribution in [2.75, 3.05) is 6.61 Å². The molecule has 1 fully saturated rings. The predicted octanol–water partition coefficient (Wildman–Crippen LogP) is 3.40. The minimum absolute atomic E-state index is 0.0321. The zero-order valence-electron chi connectivity index (χ0n) is 15.3. The van der Waals surface area contributed by atoms with Gasteiger partial charge in [-0.15, -0.1) is 0 Å². The van der Waals surface area contributed by atoms with Crippen molar-refractivity contribution >= 4 is 11.0 Å². The van der Waals surface area contributed by atoms with Gasteiger partial charge in [0.1, 0.15) is 17.3 Å². The summed E-state index contributed by atoms with van der Waals surface area (Å²) in [5.74, 6) is 2.40. The van der Waals surface area contributed by atoms with Gasteiger partial charge in [0.15, 0.2) is 0 Å². The molecule has 3 heterocycles. The number of rotatable bonds is 5. The fraction of sp³-hybridized carbons (Fsp3) is 0.238. The number of benzene rings is 2. The highest BCUT2D eigenvalue weighted by atomic mass is 16.5. The molecule has 5 rings (SSSR count). The fourth-order valence-electron chi connectivity index (χ4n) is 3.52. The summed E-state index contributed by atoms with van der Waals surface area (Å²) >= 11 is 0. The molecule has 0 spiro atoms. The number of nitrogens with one attached hydrogen (secondary N) is 2. The first-order valence-electron chi connectivity index (χ1n) is 9.38. The van der Waals surface area contributed by atoms with E-state index < -0.39 is 0 Å². The molecule has 4 aromatic rings. The number of aromatic nitrogens is 4. The van der Waals surface area contributed by atoms with Gasteiger partial charge in [0.25, 0.3) is 0 Å². The van der Waals surface area contributed by atoms with E-state index in [9.17, 15) is 0 Å². The zero-order valence-corrected chi connectivity index (χ0v) is 15.3. The van der Waals surface area contributed by atoms with Crippen molar-refractivity contribution in [2.45, 2.75) is 25.0 Å². The van der Waals surface area contributed by atoms with Crippen LogP contribution in [-0.2, 0) is 11.2 Å².